The smallest absolute Gasteiger partial charge is 0.339 e. The van der Waals surface area contributed by atoms with Crippen LogP contribution in [-0.4, -0.2) is 36.1 Å². The quantitative estimate of drug-likeness (QED) is 0.673. The molecular weight excluding hydrogens is 378 g/mol. The van der Waals surface area contributed by atoms with Crippen LogP contribution < -0.4 is 10.2 Å². The van der Waals surface area contributed by atoms with E-state index in [1.54, 1.807) is 24.5 Å². The molecule has 3 aromatic rings. The van der Waals surface area contributed by atoms with E-state index in [1.807, 2.05) is 24.3 Å². The Balaban J connectivity index is 1.42. The molecule has 1 fully saturated rings. The number of rotatable bonds is 3. The molecule has 1 N–H and O–H groups in total. The van der Waals surface area contributed by atoms with E-state index in [9.17, 15) is 9.59 Å². The Labute approximate surface area is 174 Å². The van der Waals surface area contributed by atoms with Crippen molar-refractivity contribution in [3.8, 4) is 0 Å². The van der Waals surface area contributed by atoms with Gasteiger partial charge in [0.1, 0.15) is 0 Å². The van der Waals surface area contributed by atoms with Gasteiger partial charge in [0.25, 0.3) is 5.91 Å². The molecule has 6 heteroatoms. The highest BCUT2D eigenvalue weighted by atomic mass is 16.5. The number of ether oxygens (including phenoxy) is 1. The summed E-state index contributed by atoms with van der Waals surface area (Å²) in [6, 6.07) is 13.2. The van der Waals surface area contributed by atoms with Crippen molar-refractivity contribution in [1.82, 2.24) is 4.98 Å². The van der Waals surface area contributed by atoms with Gasteiger partial charge in [0.05, 0.1) is 11.3 Å². The van der Waals surface area contributed by atoms with E-state index in [1.165, 1.54) is 24.9 Å². The van der Waals surface area contributed by atoms with Crippen molar-refractivity contribution in [1.29, 1.82) is 0 Å². The fraction of sp³-hybridized carbons (Fsp3) is 0.292. The number of cyclic esters (lactones) is 1. The zero-order valence-electron chi connectivity index (χ0n) is 16.6. The summed E-state index contributed by atoms with van der Waals surface area (Å²) in [5, 5.41) is 4.91. The van der Waals surface area contributed by atoms with Crippen LogP contribution in [0.5, 0.6) is 0 Å². The zero-order chi connectivity index (χ0) is 20.5. The number of anilines is 2. The van der Waals surface area contributed by atoms with Crippen molar-refractivity contribution in [2.75, 3.05) is 23.3 Å². The fourth-order valence-electron chi connectivity index (χ4n) is 4.38. The summed E-state index contributed by atoms with van der Waals surface area (Å²) in [6.45, 7) is 2.08. The largest absolute Gasteiger partial charge is 0.448 e. The predicted molar refractivity (Wildman–Crippen MR) is 116 cm³/mol. The normalized spacial score (nSPS) is 18.6. The monoisotopic (exact) mass is 401 g/mol. The van der Waals surface area contributed by atoms with Gasteiger partial charge in [-0.25, -0.2) is 4.79 Å². The Morgan fingerprint density at radius 3 is 2.73 bits per heavy atom. The third-order valence-electron chi connectivity index (χ3n) is 5.93. The first kappa shape index (κ1) is 18.6. The number of benzene rings is 2. The maximum atomic E-state index is 12.9. The fourth-order valence-corrected chi connectivity index (χ4v) is 4.38. The number of esters is 1. The molecular formula is C24H23N3O3. The molecule has 0 spiro atoms. The van der Waals surface area contributed by atoms with Crippen LogP contribution in [0.15, 0.2) is 54.9 Å². The number of amides is 1. The molecule has 1 saturated heterocycles. The number of fused-ring (bicyclic) bond motifs is 2. The van der Waals surface area contributed by atoms with Gasteiger partial charge in [0, 0.05) is 48.4 Å². The highest BCUT2D eigenvalue weighted by Crippen LogP contribution is 2.33. The van der Waals surface area contributed by atoms with Crippen molar-refractivity contribution < 1.29 is 14.3 Å². The minimum atomic E-state index is -0.846. The van der Waals surface area contributed by atoms with Gasteiger partial charge in [-0.3, -0.25) is 9.78 Å². The summed E-state index contributed by atoms with van der Waals surface area (Å²) in [5.41, 5.74) is 3.21. The summed E-state index contributed by atoms with van der Waals surface area (Å²) in [7, 11) is 0. The maximum absolute atomic E-state index is 12.9. The molecule has 0 unspecified atom stereocenters. The molecule has 6 nitrogen and oxygen atoms in total. The first-order valence-electron chi connectivity index (χ1n) is 10.4. The van der Waals surface area contributed by atoms with E-state index in [4.69, 9.17) is 4.74 Å². The highest BCUT2D eigenvalue weighted by molar-refractivity contribution is 6.08. The number of hydrogen-bond donors (Lipinski definition) is 1. The predicted octanol–water partition coefficient (Wildman–Crippen LogP) is 3.95. The third kappa shape index (κ3) is 3.38. The molecule has 2 aliphatic rings. The van der Waals surface area contributed by atoms with Gasteiger partial charge in [0.15, 0.2) is 6.10 Å². The van der Waals surface area contributed by atoms with Gasteiger partial charge >= 0.3 is 5.97 Å². The molecule has 0 saturated carbocycles. The average Bonchev–Trinajstić information content (AvgIpc) is 2.80. The molecule has 1 amide bonds. The minimum absolute atomic E-state index is 0.325. The van der Waals surface area contributed by atoms with Crippen LogP contribution in [-0.2, 0) is 16.0 Å². The molecule has 0 bridgehead atoms. The summed E-state index contributed by atoms with van der Waals surface area (Å²) in [5.74, 6) is -0.780. The van der Waals surface area contributed by atoms with E-state index >= 15 is 0 Å². The van der Waals surface area contributed by atoms with Gasteiger partial charge in [-0.15, -0.1) is 0 Å². The van der Waals surface area contributed by atoms with Gasteiger partial charge < -0.3 is 15.0 Å². The van der Waals surface area contributed by atoms with E-state index in [-0.39, 0.29) is 5.91 Å². The molecule has 1 aromatic heterocycles. The zero-order valence-corrected chi connectivity index (χ0v) is 16.6. The second-order valence-electron chi connectivity index (χ2n) is 7.85. The van der Waals surface area contributed by atoms with Crippen molar-refractivity contribution in [3.63, 3.8) is 0 Å². The standard InChI is InChI=1S/C24H23N3O3/c28-23(22-14-16-6-2-3-7-17(16)24(29)30-22)26-20-8-9-21(27-12-4-1-5-13-27)18-10-11-25-15-19(18)20/h2-3,6-11,15,22H,1,4-5,12-14H2,(H,26,28)/t22-/m1/s1. The van der Waals surface area contributed by atoms with E-state index in [0.29, 0.717) is 17.7 Å². The van der Waals surface area contributed by atoms with Crippen molar-refractivity contribution in [2.45, 2.75) is 31.8 Å². The molecule has 3 heterocycles. The summed E-state index contributed by atoms with van der Waals surface area (Å²) < 4.78 is 5.40. The van der Waals surface area contributed by atoms with E-state index in [0.717, 1.165) is 29.4 Å². The topological polar surface area (TPSA) is 71.5 Å². The molecule has 0 radical (unpaired) electrons. The second kappa shape index (κ2) is 7.78. The molecule has 5 rings (SSSR count). The third-order valence-corrected chi connectivity index (χ3v) is 5.93. The first-order valence-corrected chi connectivity index (χ1v) is 10.4. The first-order chi connectivity index (χ1) is 14.7. The lowest BCUT2D eigenvalue weighted by Crippen LogP contribution is -2.38. The minimum Gasteiger partial charge on any atom is -0.448 e. The molecule has 2 aromatic carbocycles. The van der Waals surface area contributed by atoms with Crippen molar-refractivity contribution in [2.24, 2.45) is 0 Å². The number of aromatic nitrogens is 1. The number of nitrogens with zero attached hydrogens (tertiary/aromatic N) is 2. The SMILES string of the molecule is O=C1O[C@@H](C(=O)Nc2ccc(N3CCCCC3)c3ccncc23)Cc2ccccc21. The van der Waals surface area contributed by atoms with Crippen LogP contribution in [0.1, 0.15) is 35.2 Å². The van der Waals surface area contributed by atoms with Crippen LogP contribution in [0.25, 0.3) is 10.8 Å². The van der Waals surface area contributed by atoms with Gasteiger partial charge in [-0.2, -0.15) is 0 Å². The van der Waals surface area contributed by atoms with Crippen molar-refractivity contribution >= 4 is 34.0 Å². The Hall–Kier alpha value is -3.41. The van der Waals surface area contributed by atoms with Crippen LogP contribution in [0, 0.1) is 0 Å². The highest BCUT2D eigenvalue weighted by Gasteiger charge is 2.31. The summed E-state index contributed by atoms with van der Waals surface area (Å²) in [6.07, 6.45) is 6.74. The second-order valence-corrected chi connectivity index (χ2v) is 7.85. The molecule has 0 aliphatic carbocycles. The lowest BCUT2D eigenvalue weighted by Gasteiger charge is -2.30. The number of carbonyl (C=O) groups is 2. The van der Waals surface area contributed by atoms with Crippen LogP contribution in [0.2, 0.25) is 0 Å². The summed E-state index contributed by atoms with van der Waals surface area (Å²) >= 11 is 0. The average molecular weight is 401 g/mol. The number of carbonyl (C=O) groups excluding carboxylic acids is 2. The Bertz CT molecular complexity index is 1120. The Morgan fingerprint density at radius 2 is 1.87 bits per heavy atom. The Kier molecular flexibility index (Phi) is 4.83. The molecule has 152 valence electrons. The van der Waals surface area contributed by atoms with E-state index in [2.05, 4.69) is 21.3 Å². The molecule has 2 aliphatic heterocycles. The van der Waals surface area contributed by atoms with Crippen LogP contribution >= 0.6 is 0 Å². The molecule has 30 heavy (non-hydrogen) atoms. The van der Waals surface area contributed by atoms with Crippen LogP contribution in [0.4, 0.5) is 11.4 Å². The van der Waals surface area contributed by atoms with Gasteiger partial charge in [-0.05, 0) is 49.1 Å². The Morgan fingerprint density at radius 1 is 1.03 bits per heavy atom. The van der Waals surface area contributed by atoms with E-state index < -0.39 is 12.1 Å². The maximum Gasteiger partial charge on any atom is 0.339 e. The lowest BCUT2D eigenvalue weighted by molar-refractivity contribution is -0.125. The van der Waals surface area contributed by atoms with Gasteiger partial charge in [-0.1, -0.05) is 18.2 Å². The lowest BCUT2D eigenvalue weighted by atomic mass is 9.98. The summed E-state index contributed by atoms with van der Waals surface area (Å²) in [4.78, 5) is 31.9. The number of pyridine rings is 1. The van der Waals surface area contributed by atoms with Crippen molar-refractivity contribution in [3.05, 3.63) is 66.0 Å². The number of piperidine rings is 1. The number of nitrogens with one attached hydrogen (secondary N) is 1. The van der Waals surface area contributed by atoms with Gasteiger partial charge in [0.2, 0.25) is 0 Å². The number of hydrogen-bond acceptors (Lipinski definition) is 5. The van der Waals surface area contributed by atoms with Crippen LogP contribution in [0.3, 0.4) is 0 Å². The molecule has 1 atom stereocenters.